The number of rotatable bonds is 2. The van der Waals surface area contributed by atoms with Gasteiger partial charge in [0, 0.05) is 11.9 Å². The minimum Gasteiger partial charge on any atom is -0.325 e. The van der Waals surface area contributed by atoms with E-state index in [2.05, 4.69) is 4.98 Å². The SMILES string of the molecule is Cc1cnc(C)n1CC=O. The topological polar surface area (TPSA) is 34.9 Å². The lowest BCUT2D eigenvalue weighted by molar-refractivity contribution is -0.108. The zero-order valence-electron chi connectivity index (χ0n) is 6.16. The van der Waals surface area contributed by atoms with Crippen molar-refractivity contribution in [3.8, 4) is 0 Å². The average molecular weight is 138 g/mol. The first-order valence-electron chi connectivity index (χ1n) is 3.18. The molecule has 0 atom stereocenters. The zero-order valence-corrected chi connectivity index (χ0v) is 6.16. The van der Waals surface area contributed by atoms with Gasteiger partial charge in [-0.3, -0.25) is 0 Å². The summed E-state index contributed by atoms with van der Waals surface area (Å²) in [6, 6.07) is 0. The van der Waals surface area contributed by atoms with Crippen LogP contribution in [0.4, 0.5) is 0 Å². The normalized spacial score (nSPS) is 9.80. The van der Waals surface area contributed by atoms with E-state index in [4.69, 9.17) is 0 Å². The molecule has 0 bridgehead atoms. The van der Waals surface area contributed by atoms with E-state index >= 15 is 0 Å². The molecule has 0 spiro atoms. The molecule has 1 aromatic rings. The highest BCUT2D eigenvalue weighted by Gasteiger charge is 1.98. The number of aromatic nitrogens is 2. The van der Waals surface area contributed by atoms with E-state index in [1.54, 1.807) is 6.20 Å². The largest absolute Gasteiger partial charge is 0.325 e. The second kappa shape index (κ2) is 2.64. The summed E-state index contributed by atoms with van der Waals surface area (Å²) >= 11 is 0. The molecule has 0 aliphatic rings. The quantitative estimate of drug-likeness (QED) is 0.564. The molecule has 10 heavy (non-hydrogen) atoms. The monoisotopic (exact) mass is 138 g/mol. The van der Waals surface area contributed by atoms with Crippen molar-refractivity contribution in [2.24, 2.45) is 0 Å². The number of carbonyl (C=O) groups is 1. The van der Waals surface area contributed by atoms with Crippen molar-refractivity contribution in [3.63, 3.8) is 0 Å². The van der Waals surface area contributed by atoms with Crippen molar-refractivity contribution < 1.29 is 4.79 Å². The van der Waals surface area contributed by atoms with Gasteiger partial charge in [0.25, 0.3) is 0 Å². The highest BCUT2D eigenvalue weighted by molar-refractivity contribution is 5.49. The third kappa shape index (κ3) is 1.07. The predicted octanol–water partition coefficient (Wildman–Crippen LogP) is 0.699. The average Bonchev–Trinajstić information content (AvgIpc) is 2.20. The number of hydrogen-bond donors (Lipinski definition) is 0. The molecule has 0 saturated carbocycles. The molecular formula is C7H10N2O. The predicted molar refractivity (Wildman–Crippen MR) is 37.8 cm³/mol. The Bertz CT molecular complexity index is 220. The maximum Gasteiger partial charge on any atom is 0.139 e. The maximum atomic E-state index is 10.1. The number of aryl methyl sites for hydroxylation is 2. The van der Waals surface area contributed by atoms with Crippen molar-refractivity contribution in [2.45, 2.75) is 20.4 Å². The summed E-state index contributed by atoms with van der Waals surface area (Å²) in [6.45, 7) is 4.23. The molecule has 54 valence electrons. The highest BCUT2D eigenvalue weighted by Crippen LogP contribution is 2.00. The molecular weight excluding hydrogens is 128 g/mol. The van der Waals surface area contributed by atoms with Crippen LogP contribution >= 0.6 is 0 Å². The van der Waals surface area contributed by atoms with Crippen LogP contribution < -0.4 is 0 Å². The first-order chi connectivity index (χ1) is 4.75. The van der Waals surface area contributed by atoms with Gasteiger partial charge in [-0.2, -0.15) is 0 Å². The molecule has 0 fully saturated rings. The smallest absolute Gasteiger partial charge is 0.139 e. The Morgan fingerprint density at radius 3 is 2.80 bits per heavy atom. The van der Waals surface area contributed by atoms with Gasteiger partial charge in [-0.15, -0.1) is 0 Å². The molecule has 1 rings (SSSR count). The third-order valence-corrected chi connectivity index (χ3v) is 1.51. The highest BCUT2D eigenvalue weighted by atomic mass is 16.1. The molecule has 3 heteroatoms. The molecule has 0 N–H and O–H groups in total. The Kier molecular flexibility index (Phi) is 1.85. The minimum absolute atomic E-state index is 0.414. The Labute approximate surface area is 59.7 Å². The Balaban J connectivity index is 2.97. The number of hydrogen-bond acceptors (Lipinski definition) is 2. The summed E-state index contributed by atoms with van der Waals surface area (Å²) in [7, 11) is 0. The van der Waals surface area contributed by atoms with E-state index in [0.29, 0.717) is 6.54 Å². The van der Waals surface area contributed by atoms with Gasteiger partial charge in [0.2, 0.25) is 0 Å². The molecule has 0 amide bonds. The van der Waals surface area contributed by atoms with E-state index in [1.807, 2.05) is 18.4 Å². The fourth-order valence-corrected chi connectivity index (χ4v) is 0.932. The van der Waals surface area contributed by atoms with Gasteiger partial charge in [0.15, 0.2) is 0 Å². The minimum atomic E-state index is 0.414. The lowest BCUT2D eigenvalue weighted by atomic mass is 10.5. The van der Waals surface area contributed by atoms with E-state index in [9.17, 15) is 4.79 Å². The third-order valence-electron chi connectivity index (χ3n) is 1.51. The van der Waals surface area contributed by atoms with E-state index in [-0.39, 0.29) is 0 Å². The van der Waals surface area contributed by atoms with Crippen LogP contribution in [0.1, 0.15) is 11.5 Å². The molecule has 0 saturated heterocycles. The number of imidazole rings is 1. The van der Waals surface area contributed by atoms with Gasteiger partial charge < -0.3 is 9.36 Å². The second-order valence-corrected chi connectivity index (χ2v) is 2.22. The van der Waals surface area contributed by atoms with Crippen LogP contribution in [0.15, 0.2) is 6.20 Å². The van der Waals surface area contributed by atoms with E-state index in [0.717, 1.165) is 17.8 Å². The fraction of sp³-hybridized carbons (Fsp3) is 0.429. The summed E-state index contributed by atoms with van der Waals surface area (Å²) in [5, 5.41) is 0. The van der Waals surface area contributed by atoms with Crippen LogP contribution in [0, 0.1) is 13.8 Å². The van der Waals surface area contributed by atoms with Crippen molar-refractivity contribution in [1.82, 2.24) is 9.55 Å². The van der Waals surface area contributed by atoms with Gasteiger partial charge in [0.1, 0.15) is 12.1 Å². The van der Waals surface area contributed by atoms with Crippen LogP contribution in [0.2, 0.25) is 0 Å². The van der Waals surface area contributed by atoms with Gasteiger partial charge >= 0.3 is 0 Å². The van der Waals surface area contributed by atoms with Crippen LogP contribution in [0.5, 0.6) is 0 Å². The molecule has 0 radical (unpaired) electrons. The Hall–Kier alpha value is -1.12. The van der Waals surface area contributed by atoms with Gasteiger partial charge in [-0.25, -0.2) is 4.98 Å². The van der Waals surface area contributed by atoms with Crippen molar-refractivity contribution in [2.75, 3.05) is 0 Å². The number of carbonyl (C=O) groups excluding carboxylic acids is 1. The van der Waals surface area contributed by atoms with Crippen LogP contribution in [0.3, 0.4) is 0 Å². The first kappa shape index (κ1) is 6.99. The van der Waals surface area contributed by atoms with Crippen molar-refractivity contribution in [3.05, 3.63) is 17.7 Å². The van der Waals surface area contributed by atoms with Crippen LogP contribution in [0.25, 0.3) is 0 Å². The lowest BCUT2D eigenvalue weighted by Gasteiger charge is -1.99. The second-order valence-electron chi connectivity index (χ2n) is 2.22. The molecule has 1 aromatic heterocycles. The standard InChI is InChI=1S/C7H10N2O/c1-6-5-8-7(2)9(6)3-4-10/h4-5H,3H2,1-2H3. The number of aldehydes is 1. The van der Waals surface area contributed by atoms with Gasteiger partial charge in [-0.1, -0.05) is 0 Å². The molecule has 0 aliphatic carbocycles. The van der Waals surface area contributed by atoms with Crippen LogP contribution in [-0.4, -0.2) is 15.8 Å². The molecule has 0 aromatic carbocycles. The number of nitrogens with zero attached hydrogens (tertiary/aromatic N) is 2. The Morgan fingerprint density at radius 2 is 2.40 bits per heavy atom. The molecule has 1 heterocycles. The fourth-order valence-electron chi connectivity index (χ4n) is 0.932. The van der Waals surface area contributed by atoms with Crippen molar-refractivity contribution >= 4 is 6.29 Å². The van der Waals surface area contributed by atoms with Gasteiger partial charge in [0.05, 0.1) is 6.54 Å². The van der Waals surface area contributed by atoms with Crippen molar-refractivity contribution in [1.29, 1.82) is 0 Å². The maximum absolute atomic E-state index is 10.1. The lowest BCUT2D eigenvalue weighted by Crippen LogP contribution is -2.02. The molecule has 0 unspecified atom stereocenters. The van der Waals surface area contributed by atoms with E-state index in [1.165, 1.54) is 0 Å². The van der Waals surface area contributed by atoms with Crippen LogP contribution in [-0.2, 0) is 11.3 Å². The summed E-state index contributed by atoms with van der Waals surface area (Å²) < 4.78 is 1.87. The van der Waals surface area contributed by atoms with E-state index < -0.39 is 0 Å². The van der Waals surface area contributed by atoms with Gasteiger partial charge in [-0.05, 0) is 13.8 Å². The summed E-state index contributed by atoms with van der Waals surface area (Å²) in [5.74, 6) is 0.893. The molecule has 0 aliphatic heterocycles. The Morgan fingerprint density at radius 1 is 1.70 bits per heavy atom. The summed E-state index contributed by atoms with van der Waals surface area (Å²) in [4.78, 5) is 14.2. The molecule has 3 nitrogen and oxygen atoms in total. The first-order valence-corrected chi connectivity index (χ1v) is 3.18. The summed E-state index contributed by atoms with van der Waals surface area (Å²) in [5.41, 5.74) is 1.03. The summed E-state index contributed by atoms with van der Waals surface area (Å²) in [6.07, 6.45) is 2.64. The zero-order chi connectivity index (χ0) is 7.56.